The summed E-state index contributed by atoms with van der Waals surface area (Å²) in [7, 11) is 0. The molecule has 2 unspecified atom stereocenters. The van der Waals surface area contributed by atoms with Crippen molar-refractivity contribution in [3.05, 3.63) is 35.1 Å². The molecule has 110 valence electrons. The zero-order valence-electron chi connectivity index (χ0n) is 11.8. The molecular formula is C16H21ClFNO. The van der Waals surface area contributed by atoms with Gasteiger partial charge in [0.1, 0.15) is 5.82 Å². The predicted molar refractivity (Wildman–Crippen MR) is 79.6 cm³/mol. The minimum Gasteiger partial charge on any atom is -0.352 e. The van der Waals surface area contributed by atoms with E-state index >= 15 is 0 Å². The van der Waals surface area contributed by atoms with E-state index in [1.54, 1.807) is 19.1 Å². The molecule has 1 aromatic carbocycles. The van der Waals surface area contributed by atoms with Crippen LogP contribution in [0, 0.1) is 24.6 Å². The SMILES string of the molecule is Cc1ccc(C(=O)NCC2CCCCC2CCl)cc1F. The number of alkyl halides is 1. The van der Waals surface area contributed by atoms with Crippen molar-refractivity contribution < 1.29 is 9.18 Å². The topological polar surface area (TPSA) is 29.1 Å². The fraction of sp³-hybridized carbons (Fsp3) is 0.562. The Balaban J connectivity index is 1.92. The Hall–Kier alpha value is -1.09. The van der Waals surface area contributed by atoms with E-state index in [1.807, 2.05) is 0 Å². The van der Waals surface area contributed by atoms with E-state index in [-0.39, 0.29) is 11.7 Å². The normalized spacial score (nSPS) is 22.6. The molecule has 0 heterocycles. The van der Waals surface area contributed by atoms with Gasteiger partial charge in [0.25, 0.3) is 5.91 Å². The van der Waals surface area contributed by atoms with Gasteiger partial charge in [0, 0.05) is 18.0 Å². The van der Waals surface area contributed by atoms with E-state index in [2.05, 4.69) is 5.32 Å². The minimum atomic E-state index is -0.339. The second-order valence-electron chi connectivity index (χ2n) is 5.63. The predicted octanol–water partition coefficient (Wildman–Crippen LogP) is 3.91. The number of benzene rings is 1. The Morgan fingerprint density at radius 3 is 2.70 bits per heavy atom. The number of carbonyl (C=O) groups excluding carboxylic acids is 1. The van der Waals surface area contributed by atoms with Crippen LogP contribution in [-0.4, -0.2) is 18.3 Å². The summed E-state index contributed by atoms with van der Waals surface area (Å²) in [4.78, 5) is 12.0. The Bertz CT molecular complexity index is 478. The van der Waals surface area contributed by atoms with Gasteiger partial charge in [-0.05, 0) is 49.3 Å². The molecule has 0 radical (unpaired) electrons. The van der Waals surface area contributed by atoms with Gasteiger partial charge in [-0.3, -0.25) is 4.79 Å². The van der Waals surface area contributed by atoms with Crippen LogP contribution in [0.25, 0.3) is 0 Å². The lowest BCUT2D eigenvalue weighted by Gasteiger charge is -2.30. The number of halogens is 2. The molecule has 2 atom stereocenters. The number of carbonyl (C=O) groups is 1. The molecular weight excluding hydrogens is 277 g/mol. The number of hydrogen-bond donors (Lipinski definition) is 1. The van der Waals surface area contributed by atoms with E-state index < -0.39 is 0 Å². The van der Waals surface area contributed by atoms with Crippen LogP contribution < -0.4 is 5.32 Å². The molecule has 0 aromatic heterocycles. The third kappa shape index (κ3) is 3.72. The highest BCUT2D eigenvalue weighted by Crippen LogP contribution is 2.30. The smallest absolute Gasteiger partial charge is 0.251 e. The molecule has 0 saturated heterocycles. The zero-order valence-corrected chi connectivity index (χ0v) is 12.5. The van der Waals surface area contributed by atoms with Crippen molar-refractivity contribution in [1.29, 1.82) is 0 Å². The molecule has 4 heteroatoms. The van der Waals surface area contributed by atoms with Crippen molar-refractivity contribution in [1.82, 2.24) is 5.32 Å². The van der Waals surface area contributed by atoms with Crippen molar-refractivity contribution >= 4 is 17.5 Å². The van der Waals surface area contributed by atoms with Crippen LogP contribution in [0.15, 0.2) is 18.2 Å². The number of aryl methyl sites for hydroxylation is 1. The first-order valence-electron chi connectivity index (χ1n) is 7.22. The standard InChI is InChI=1S/C16H21ClFNO/c1-11-6-7-12(8-15(11)18)16(20)19-10-14-5-3-2-4-13(14)9-17/h6-8,13-14H,2-5,9-10H2,1H3,(H,19,20). The molecule has 1 fully saturated rings. The highest BCUT2D eigenvalue weighted by molar-refractivity contribution is 6.18. The summed E-state index contributed by atoms with van der Waals surface area (Å²) < 4.78 is 13.5. The van der Waals surface area contributed by atoms with Crippen LogP contribution in [0.3, 0.4) is 0 Å². The maximum atomic E-state index is 13.5. The Labute approximate surface area is 124 Å². The second kappa shape index (κ2) is 7.07. The average Bonchev–Trinajstić information content (AvgIpc) is 2.47. The molecule has 1 aliphatic rings. The highest BCUT2D eigenvalue weighted by atomic mass is 35.5. The maximum Gasteiger partial charge on any atom is 0.251 e. The van der Waals surface area contributed by atoms with Crippen molar-refractivity contribution in [3.63, 3.8) is 0 Å². The quantitative estimate of drug-likeness (QED) is 0.839. The minimum absolute atomic E-state index is 0.206. The zero-order chi connectivity index (χ0) is 14.5. The van der Waals surface area contributed by atoms with Crippen LogP contribution in [0.2, 0.25) is 0 Å². The molecule has 20 heavy (non-hydrogen) atoms. The van der Waals surface area contributed by atoms with Gasteiger partial charge in [-0.25, -0.2) is 4.39 Å². The van der Waals surface area contributed by atoms with Crippen LogP contribution in [0.1, 0.15) is 41.6 Å². The van der Waals surface area contributed by atoms with Crippen LogP contribution in [-0.2, 0) is 0 Å². The van der Waals surface area contributed by atoms with Gasteiger partial charge in [0.05, 0.1) is 0 Å². The molecule has 1 saturated carbocycles. The van der Waals surface area contributed by atoms with Crippen LogP contribution in [0.4, 0.5) is 4.39 Å². The summed E-state index contributed by atoms with van der Waals surface area (Å²) in [6.07, 6.45) is 4.68. The summed E-state index contributed by atoms with van der Waals surface area (Å²) in [6, 6.07) is 4.59. The first-order chi connectivity index (χ1) is 9.61. The number of amides is 1. The lowest BCUT2D eigenvalue weighted by atomic mass is 9.80. The van der Waals surface area contributed by atoms with Gasteiger partial charge in [-0.2, -0.15) is 0 Å². The van der Waals surface area contributed by atoms with Gasteiger partial charge < -0.3 is 5.32 Å². The Morgan fingerprint density at radius 2 is 2.05 bits per heavy atom. The lowest BCUT2D eigenvalue weighted by molar-refractivity contribution is 0.0936. The maximum absolute atomic E-state index is 13.5. The van der Waals surface area contributed by atoms with Crippen LogP contribution >= 0.6 is 11.6 Å². The Morgan fingerprint density at radius 1 is 1.35 bits per heavy atom. The van der Waals surface area contributed by atoms with E-state index in [0.29, 0.717) is 35.4 Å². The summed E-state index contributed by atoms with van der Waals surface area (Å²) >= 11 is 5.98. The van der Waals surface area contributed by atoms with Gasteiger partial charge in [-0.1, -0.05) is 18.9 Å². The van der Waals surface area contributed by atoms with Gasteiger partial charge in [-0.15, -0.1) is 11.6 Å². The number of hydrogen-bond acceptors (Lipinski definition) is 1. The van der Waals surface area contributed by atoms with E-state index in [1.165, 1.54) is 18.9 Å². The average molecular weight is 298 g/mol. The van der Waals surface area contributed by atoms with E-state index in [4.69, 9.17) is 11.6 Å². The third-order valence-electron chi connectivity index (χ3n) is 4.22. The van der Waals surface area contributed by atoms with E-state index in [0.717, 1.165) is 12.8 Å². The lowest BCUT2D eigenvalue weighted by Crippen LogP contribution is -2.34. The first-order valence-corrected chi connectivity index (χ1v) is 7.75. The van der Waals surface area contributed by atoms with Gasteiger partial charge >= 0.3 is 0 Å². The highest BCUT2D eigenvalue weighted by Gasteiger charge is 2.24. The monoisotopic (exact) mass is 297 g/mol. The molecule has 1 N–H and O–H groups in total. The van der Waals surface area contributed by atoms with E-state index in [9.17, 15) is 9.18 Å². The molecule has 1 aliphatic carbocycles. The van der Waals surface area contributed by atoms with Crippen molar-refractivity contribution in [2.75, 3.05) is 12.4 Å². The summed E-state index contributed by atoms with van der Waals surface area (Å²) in [6.45, 7) is 2.32. The largest absolute Gasteiger partial charge is 0.352 e. The second-order valence-corrected chi connectivity index (χ2v) is 5.94. The molecule has 2 nitrogen and oxygen atoms in total. The number of nitrogens with one attached hydrogen (secondary N) is 1. The summed E-state index contributed by atoms with van der Waals surface area (Å²) in [5.41, 5.74) is 0.933. The summed E-state index contributed by atoms with van der Waals surface area (Å²) in [5, 5.41) is 2.92. The fourth-order valence-corrected chi connectivity index (χ4v) is 3.22. The molecule has 1 amide bonds. The third-order valence-corrected chi connectivity index (χ3v) is 4.62. The van der Waals surface area contributed by atoms with Gasteiger partial charge in [0.2, 0.25) is 0 Å². The van der Waals surface area contributed by atoms with Crippen molar-refractivity contribution in [3.8, 4) is 0 Å². The molecule has 0 bridgehead atoms. The first kappa shape index (κ1) is 15.3. The molecule has 2 rings (SSSR count). The van der Waals surface area contributed by atoms with Crippen LogP contribution in [0.5, 0.6) is 0 Å². The number of rotatable bonds is 4. The van der Waals surface area contributed by atoms with Crippen molar-refractivity contribution in [2.45, 2.75) is 32.6 Å². The van der Waals surface area contributed by atoms with Gasteiger partial charge in [0.15, 0.2) is 0 Å². The fourth-order valence-electron chi connectivity index (χ4n) is 2.82. The molecule has 0 aliphatic heterocycles. The molecule has 1 aromatic rings. The summed E-state index contributed by atoms with van der Waals surface area (Å²) in [5.74, 6) is 1.04. The molecule has 0 spiro atoms. The Kier molecular flexibility index (Phi) is 5.41. The van der Waals surface area contributed by atoms with Crippen molar-refractivity contribution in [2.24, 2.45) is 11.8 Å².